The molecule has 5 nitrogen and oxygen atoms in total. The molecule has 5 rings (SSSR count). The van der Waals surface area contributed by atoms with Crippen molar-refractivity contribution in [1.82, 2.24) is 9.88 Å². The van der Waals surface area contributed by atoms with E-state index in [4.69, 9.17) is 16.6 Å². The van der Waals surface area contributed by atoms with Gasteiger partial charge in [0.25, 0.3) is 5.91 Å². The van der Waals surface area contributed by atoms with Crippen LogP contribution in [-0.2, 0) is 19.0 Å². The Hall–Kier alpha value is -2.84. The average Bonchev–Trinajstić information content (AvgIpc) is 3.25. The van der Waals surface area contributed by atoms with E-state index in [1.807, 2.05) is 11.9 Å². The Balaban J connectivity index is 1.59. The van der Waals surface area contributed by atoms with Crippen LogP contribution in [0.4, 0.5) is 24.5 Å². The summed E-state index contributed by atoms with van der Waals surface area (Å²) in [6.07, 6.45) is -2.17. The molecule has 34 heavy (non-hydrogen) atoms. The Labute approximate surface area is 200 Å². The maximum absolute atomic E-state index is 13.7. The Morgan fingerprint density at radius 2 is 1.82 bits per heavy atom. The number of aryl methyl sites for hydroxylation is 1. The van der Waals surface area contributed by atoms with Crippen molar-refractivity contribution in [2.45, 2.75) is 25.4 Å². The van der Waals surface area contributed by atoms with Crippen molar-refractivity contribution >= 4 is 39.8 Å². The van der Waals surface area contributed by atoms with Gasteiger partial charge in [0.05, 0.1) is 28.0 Å². The topological polar surface area (TPSA) is 48.5 Å². The first-order chi connectivity index (χ1) is 16.2. The number of fused-ring (bicyclic) bond motifs is 2. The van der Waals surface area contributed by atoms with Gasteiger partial charge in [0.15, 0.2) is 0 Å². The molecule has 1 N–H and O–H groups in total. The van der Waals surface area contributed by atoms with Crippen LogP contribution in [0.3, 0.4) is 0 Å². The van der Waals surface area contributed by atoms with Crippen molar-refractivity contribution < 1.29 is 18.0 Å². The molecule has 0 bridgehead atoms. The van der Waals surface area contributed by atoms with Crippen molar-refractivity contribution in [2.24, 2.45) is 0 Å². The summed E-state index contributed by atoms with van der Waals surface area (Å²) in [7, 11) is 2.01. The molecule has 1 fully saturated rings. The number of nitrogens with zero attached hydrogens (tertiary/aromatic N) is 3. The number of nitrogens with one attached hydrogen (secondary N) is 1. The number of piperazine rings is 1. The summed E-state index contributed by atoms with van der Waals surface area (Å²) in [6, 6.07) is 8.75. The van der Waals surface area contributed by atoms with Gasteiger partial charge in [-0.25, -0.2) is 0 Å². The molecule has 2 aliphatic rings. The molecule has 0 atom stereocenters. The first-order valence-electron chi connectivity index (χ1n) is 11.3. The van der Waals surface area contributed by atoms with Crippen molar-refractivity contribution in [3.8, 4) is 0 Å². The second-order valence-electron chi connectivity index (χ2n) is 8.90. The summed E-state index contributed by atoms with van der Waals surface area (Å²) >= 11 is 6.22. The number of amides is 1. The van der Waals surface area contributed by atoms with E-state index in [-0.39, 0.29) is 5.69 Å². The van der Waals surface area contributed by atoms with Gasteiger partial charge in [0, 0.05) is 42.3 Å². The van der Waals surface area contributed by atoms with Gasteiger partial charge in [0.1, 0.15) is 0 Å². The summed E-state index contributed by atoms with van der Waals surface area (Å²) in [5.41, 5.74) is 2.75. The van der Waals surface area contributed by atoms with Crippen LogP contribution in [-0.4, -0.2) is 49.0 Å². The fraction of sp³-hybridized carbons (Fsp3) is 0.360. The lowest BCUT2D eigenvalue weighted by Gasteiger charge is -2.35. The van der Waals surface area contributed by atoms with Crippen molar-refractivity contribution in [2.75, 3.05) is 43.4 Å². The van der Waals surface area contributed by atoms with Crippen LogP contribution in [0.1, 0.15) is 33.6 Å². The molecule has 0 unspecified atom stereocenters. The van der Waals surface area contributed by atoms with Crippen LogP contribution >= 0.6 is 11.6 Å². The second-order valence-corrected chi connectivity index (χ2v) is 9.34. The maximum atomic E-state index is 13.7. The number of carbonyl (C=O) groups excluding carboxylic acids is 1. The van der Waals surface area contributed by atoms with Gasteiger partial charge in [-0.05, 0) is 68.3 Å². The highest BCUT2D eigenvalue weighted by Gasteiger charge is 2.32. The van der Waals surface area contributed by atoms with Gasteiger partial charge < -0.3 is 15.1 Å². The smallest absolute Gasteiger partial charge is 0.367 e. The van der Waals surface area contributed by atoms with E-state index in [2.05, 4.69) is 10.2 Å². The molecule has 0 saturated carbocycles. The molecule has 1 amide bonds. The summed E-state index contributed by atoms with van der Waals surface area (Å²) in [6.45, 7) is 2.90. The summed E-state index contributed by atoms with van der Waals surface area (Å²) in [4.78, 5) is 22.5. The number of likely N-dealkylation sites (N-methyl/N-ethyl adjacent to an activating group) is 1. The number of rotatable bonds is 3. The molecule has 0 radical (unpaired) electrons. The highest BCUT2D eigenvalue weighted by Crippen LogP contribution is 2.37. The number of aromatic nitrogens is 1. The zero-order chi connectivity index (χ0) is 24.0. The van der Waals surface area contributed by atoms with Crippen molar-refractivity contribution in [3.05, 3.63) is 63.8 Å². The third-order valence-electron chi connectivity index (χ3n) is 6.62. The number of benzene rings is 2. The largest absolute Gasteiger partial charge is 0.416 e. The molecular weight excluding hydrogens is 465 g/mol. The highest BCUT2D eigenvalue weighted by molar-refractivity contribution is 6.31. The van der Waals surface area contributed by atoms with E-state index in [0.717, 1.165) is 49.3 Å². The lowest BCUT2D eigenvalue weighted by atomic mass is 10.00. The Bertz CT molecular complexity index is 1270. The monoisotopic (exact) mass is 488 g/mol. The number of carbonyl (C=O) groups is 1. The van der Waals surface area contributed by atoms with Gasteiger partial charge in [-0.1, -0.05) is 11.6 Å². The van der Waals surface area contributed by atoms with Crippen LogP contribution in [0.2, 0.25) is 5.02 Å². The normalized spacial score (nSPS) is 16.7. The number of pyridine rings is 1. The number of alkyl halides is 3. The van der Waals surface area contributed by atoms with Crippen molar-refractivity contribution in [1.29, 1.82) is 0 Å². The fourth-order valence-corrected chi connectivity index (χ4v) is 4.99. The molecule has 1 saturated heterocycles. The Morgan fingerprint density at radius 1 is 1.06 bits per heavy atom. The van der Waals surface area contributed by atoms with E-state index in [1.165, 1.54) is 6.07 Å². The Morgan fingerprint density at radius 3 is 2.56 bits per heavy atom. The minimum Gasteiger partial charge on any atom is -0.367 e. The minimum atomic E-state index is -4.52. The number of halogens is 4. The summed E-state index contributed by atoms with van der Waals surface area (Å²) in [5.74, 6) is -0.442. The molecule has 178 valence electrons. The fourth-order valence-electron chi connectivity index (χ4n) is 4.81. The average molecular weight is 489 g/mol. The van der Waals surface area contributed by atoms with Crippen LogP contribution in [0.5, 0.6) is 0 Å². The molecular formula is C25H24ClF3N4O. The first kappa shape index (κ1) is 22.9. The minimum absolute atomic E-state index is 0.156. The van der Waals surface area contributed by atoms with Crippen LogP contribution < -0.4 is 10.2 Å². The third-order valence-corrected chi connectivity index (χ3v) is 6.85. The van der Waals surface area contributed by atoms with Gasteiger partial charge in [-0.2, -0.15) is 13.2 Å². The molecule has 9 heteroatoms. The van der Waals surface area contributed by atoms with Crippen LogP contribution in [0, 0.1) is 0 Å². The van der Waals surface area contributed by atoms with E-state index in [9.17, 15) is 18.0 Å². The molecule has 1 aromatic heterocycles. The number of anilines is 2. The van der Waals surface area contributed by atoms with Gasteiger partial charge in [0.2, 0.25) is 0 Å². The SMILES string of the molecule is CN1CCN(c2ccc(C(F)(F)F)cc2NC(=O)c2c3c(nc4ccc(Cl)cc24)CCC3)CC1. The predicted octanol–water partition coefficient (Wildman–Crippen LogP) is 5.40. The number of hydrogen-bond acceptors (Lipinski definition) is 4. The third kappa shape index (κ3) is 4.32. The zero-order valence-electron chi connectivity index (χ0n) is 18.7. The quantitative estimate of drug-likeness (QED) is 0.536. The Kier molecular flexibility index (Phi) is 5.90. The van der Waals surface area contributed by atoms with Gasteiger partial charge in [-0.15, -0.1) is 0 Å². The summed E-state index contributed by atoms with van der Waals surface area (Å²) < 4.78 is 40.6. The summed E-state index contributed by atoms with van der Waals surface area (Å²) in [5, 5.41) is 3.90. The lowest BCUT2D eigenvalue weighted by molar-refractivity contribution is -0.137. The van der Waals surface area contributed by atoms with Gasteiger partial charge in [-0.3, -0.25) is 9.78 Å². The van der Waals surface area contributed by atoms with Crippen LogP contribution in [0.25, 0.3) is 10.9 Å². The molecule has 1 aliphatic carbocycles. The number of hydrogen-bond donors (Lipinski definition) is 1. The van der Waals surface area contributed by atoms with E-state index in [0.29, 0.717) is 46.7 Å². The predicted molar refractivity (Wildman–Crippen MR) is 128 cm³/mol. The van der Waals surface area contributed by atoms with Gasteiger partial charge >= 0.3 is 6.18 Å². The van der Waals surface area contributed by atoms with E-state index >= 15 is 0 Å². The van der Waals surface area contributed by atoms with E-state index < -0.39 is 17.6 Å². The zero-order valence-corrected chi connectivity index (χ0v) is 19.4. The first-order valence-corrected chi connectivity index (χ1v) is 11.7. The maximum Gasteiger partial charge on any atom is 0.416 e. The van der Waals surface area contributed by atoms with Crippen LogP contribution in [0.15, 0.2) is 36.4 Å². The molecule has 1 aliphatic heterocycles. The highest BCUT2D eigenvalue weighted by atomic mass is 35.5. The second kappa shape index (κ2) is 8.74. The molecule has 2 heterocycles. The molecule has 3 aromatic rings. The van der Waals surface area contributed by atoms with E-state index in [1.54, 1.807) is 18.2 Å². The molecule has 0 spiro atoms. The standard InChI is InChI=1S/C25H24ClF3N4O/c1-32-9-11-33(12-10-32)22-8-5-15(25(27,28)29)13-21(22)31-24(34)23-17-3-2-4-19(17)30-20-7-6-16(26)14-18(20)23/h5-8,13-14H,2-4,9-12H2,1H3,(H,31,34). The molecule has 2 aromatic carbocycles. The van der Waals surface area contributed by atoms with Crippen molar-refractivity contribution in [3.63, 3.8) is 0 Å². The lowest BCUT2D eigenvalue weighted by Crippen LogP contribution is -2.44.